The molecule has 2 aromatic carbocycles. The molecule has 0 spiro atoms. The molecule has 2 aromatic heterocycles. The van der Waals surface area contributed by atoms with E-state index in [0.717, 1.165) is 5.56 Å². The van der Waals surface area contributed by atoms with Crippen molar-refractivity contribution in [2.75, 3.05) is 38.8 Å². The number of hydrogen-bond donors (Lipinski definition) is 1. The first-order chi connectivity index (χ1) is 17.9. The summed E-state index contributed by atoms with van der Waals surface area (Å²) in [6.07, 6.45) is 3.88. The Labute approximate surface area is 213 Å². The van der Waals surface area contributed by atoms with Gasteiger partial charge in [-0.25, -0.2) is 4.98 Å². The van der Waals surface area contributed by atoms with Gasteiger partial charge in [0, 0.05) is 31.7 Å². The number of ether oxygens (including phenoxy) is 2. The number of rotatable bonds is 5. The fourth-order valence-corrected chi connectivity index (χ4v) is 4.67. The lowest BCUT2D eigenvalue weighted by molar-refractivity contribution is 0.0704. The molecule has 1 saturated heterocycles. The minimum atomic E-state index is -0.262. The number of benzene rings is 2. The van der Waals surface area contributed by atoms with Gasteiger partial charge >= 0.3 is 0 Å². The van der Waals surface area contributed by atoms with Gasteiger partial charge in [0.05, 0.1) is 48.8 Å². The number of methoxy groups -OCH3 is 2. The number of nitrogens with zero attached hydrogens (tertiary/aromatic N) is 6. The largest absolute Gasteiger partial charge is 0.493 e. The summed E-state index contributed by atoms with van der Waals surface area (Å²) >= 11 is 0. The van der Waals surface area contributed by atoms with Crippen molar-refractivity contribution in [1.29, 1.82) is 0 Å². The standard InChI is InChI=1S/C26H29N7O4/c1-16-5-6-21(33-27-8-9-28-33)19(13-16)25(35)32-12-11-31(10-7-17(32)2)26-29-20-15-23(37-4)22(36-3)14-18(20)24(34)30-26/h5-6,8-9,13-15,17H,7,10-12H2,1-4H3,(H,29,30,34). The number of carbonyl (C=O) groups excluding carboxylic acids is 1. The average molecular weight is 504 g/mol. The van der Waals surface area contributed by atoms with E-state index in [9.17, 15) is 9.59 Å². The Morgan fingerprint density at radius 3 is 2.49 bits per heavy atom. The number of fused-ring (bicyclic) bond motifs is 1. The predicted molar refractivity (Wildman–Crippen MR) is 139 cm³/mol. The van der Waals surface area contributed by atoms with Gasteiger partial charge in [-0.15, -0.1) is 0 Å². The Morgan fingerprint density at radius 1 is 1.03 bits per heavy atom. The molecule has 0 saturated carbocycles. The summed E-state index contributed by atoms with van der Waals surface area (Å²) < 4.78 is 10.7. The average Bonchev–Trinajstić information content (AvgIpc) is 3.37. The molecular formula is C26H29N7O4. The van der Waals surface area contributed by atoms with E-state index < -0.39 is 0 Å². The van der Waals surface area contributed by atoms with E-state index in [2.05, 4.69) is 15.2 Å². The molecule has 3 heterocycles. The summed E-state index contributed by atoms with van der Waals surface area (Å²) in [6.45, 7) is 5.61. The maximum Gasteiger partial charge on any atom is 0.260 e. The van der Waals surface area contributed by atoms with E-state index in [4.69, 9.17) is 14.5 Å². The first-order valence-corrected chi connectivity index (χ1v) is 12.1. The fourth-order valence-electron chi connectivity index (χ4n) is 4.67. The number of H-pyrrole nitrogens is 1. The monoisotopic (exact) mass is 503 g/mol. The van der Waals surface area contributed by atoms with Crippen molar-refractivity contribution >= 4 is 22.8 Å². The van der Waals surface area contributed by atoms with E-state index in [0.29, 0.717) is 65.7 Å². The summed E-state index contributed by atoms with van der Waals surface area (Å²) in [5.74, 6) is 1.35. The van der Waals surface area contributed by atoms with Gasteiger partial charge in [-0.1, -0.05) is 11.6 Å². The van der Waals surface area contributed by atoms with Gasteiger partial charge in [0.15, 0.2) is 11.5 Å². The van der Waals surface area contributed by atoms with Gasteiger partial charge in [-0.3, -0.25) is 14.6 Å². The van der Waals surface area contributed by atoms with Crippen molar-refractivity contribution in [2.45, 2.75) is 26.3 Å². The van der Waals surface area contributed by atoms with Crippen LogP contribution >= 0.6 is 0 Å². The normalized spacial score (nSPS) is 16.1. The third-order valence-electron chi connectivity index (χ3n) is 6.73. The third-order valence-corrected chi connectivity index (χ3v) is 6.73. The van der Waals surface area contributed by atoms with Gasteiger partial charge < -0.3 is 19.3 Å². The number of aromatic amines is 1. The summed E-state index contributed by atoms with van der Waals surface area (Å²) in [5.41, 5.74) is 2.42. The molecule has 1 N–H and O–H groups in total. The van der Waals surface area contributed by atoms with Crippen LogP contribution in [0.15, 0.2) is 47.5 Å². The highest BCUT2D eigenvalue weighted by Crippen LogP contribution is 2.30. The van der Waals surface area contributed by atoms with E-state index >= 15 is 0 Å². The summed E-state index contributed by atoms with van der Waals surface area (Å²) in [6, 6.07) is 8.99. The molecule has 5 rings (SSSR count). The zero-order valence-corrected chi connectivity index (χ0v) is 21.3. The molecule has 1 aliphatic heterocycles. The van der Waals surface area contributed by atoms with Crippen LogP contribution in [0.3, 0.4) is 0 Å². The molecule has 1 aliphatic rings. The number of hydrogen-bond acceptors (Lipinski definition) is 8. The number of anilines is 1. The van der Waals surface area contributed by atoms with Crippen LogP contribution in [0.2, 0.25) is 0 Å². The van der Waals surface area contributed by atoms with Crippen LogP contribution in [0, 0.1) is 6.92 Å². The Balaban J connectivity index is 1.43. The minimum Gasteiger partial charge on any atom is -0.493 e. The van der Waals surface area contributed by atoms with E-state index in [1.165, 1.54) is 11.9 Å². The first kappa shape index (κ1) is 24.3. The Hall–Kier alpha value is -4.41. The lowest BCUT2D eigenvalue weighted by Crippen LogP contribution is -2.40. The molecule has 192 valence electrons. The van der Waals surface area contributed by atoms with E-state index in [1.54, 1.807) is 31.6 Å². The van der Waals surface area contributed by atoms with Crippen LogP contribution in [0.1, 0.15) is 29.3 Å². The second kappa shape index (κ2) is 9.92. The number of aryl methyl sites for hydroxylation is 1. The van der Waals surface area contributed by atoms with Gasteiger partial charge in [0.1, 0.15) is 0 Å². The van der Waals surface area contributed by atoms with Crippen molar-refractivity contribution in [2.24, 2.45) is 0 Å². The SMILES string of the molecule is COc1cc2nc(N3CCC(C)N(C(=O)c4cc(C)ccc4-n4nccn4)CC3)[nH]c(=O)c2cc1OC. The number of amides is 1. The highest BCUT2D eigenvalue weighted by atomic mass is 16.5. The first-order valence-electron chi connectivity index (χ1n) is 12.1. The number of nitrogens with one attached hydrogen (secondary N) is 1. The quantitative estimate of drug-likeness (QED) is 0.442. The maximum absolute atomic E-state index is 13.8. The van der Waals surface area contributed by atoms with Crippen LogP contribution in [0.4, 0.5) is 5.95 Å². The van der Waals surface area contributed by atoms with Crippen LogP contribution in [0.25, 0.3) is 16.6 Å². The molecule has 1 atom stereocenters. The van der Waals surface area contributed by atoms with Crippen LogP contribution in [-0.2, 0) is 0 Å². The molecule has 4 aromatic rings. The van der Waals surface area contributed by atoms with Crippen molar-refractivity contribution in [3.63, 3.8) is 0 Å². The van der Waals surface area contributed by atoms with E-state index in [-0.39, 0.29) is 17.5 Å². The van der Waals surface area contributed by atoms with Crippen molar-refractivity contribution in [1.82, 2.24) is 29.9 Å². The van der Waals surface area contributed by atoms with E-state index in [1.807, 2.05) is 41.8 Å². The molecule has 11 heteroatoms. The lowest BCUT2D eigenvalue weighted by atomic mass is 10.1. The second-order valence-electron chi connectivity index (χ2n) is 9.08. The summed E-state index contributed by atoms with van der Waals surface area (Å²) in [7, 11) is 3.07. The number of carbonyl (C=O) groups is 1. The van der Waals surface area contributed by atoms with Gasteiger partial charge in [-0.05, 0) is 38.5 Å². The molecule has 1 amide bonds. The minimum absolute atomic E-state index is 0.0204. The molecule has 1 fully saturated rings. The second-order valence-corrected chi connectivity index (χ2v) is 9.08. The van der Waals surface area contributed by atoms with Gasteiger partial charge in [-0.2, -0.15) is 15.0 Å². The lowest BCUT2D eigenvalue weighted by Gasteiger charge is -2.27. The smallest absolute Gasteiger partial charge is 0.260 e. The highest BCUT2D eigenvalue weighted by molar-refractivity contribution is 5.98. The molecule has 0 radical (unpaired) electrons. The predicted octanol–water partition coefficient (Wildman–Crippen LogP) is 2.57. The van der Waals surface area contributed by atoms with Gasteiger partial charge in [0.25, 0.3) is 11.5 Å². The molecule has 37 heavy (non-hydrogen) atoms. The van der Waals surface area contributed by atoms with Crippen LogP contribution in [-0.4, -0.2) is 75.7 Å². The third kappa shape index (κ3) is 4.59. The van der Waals surface area contributed by atoms with Crippen molar-refractivity contribution in [3.8, 4) is 17.2 Å². The summed E-state index contributed by atoms with van der Waals surface area (Å²) in [5, 5.41) is 8.85. The van der Waals surface area contributed by atoms with Crippen LogP contribution in [0.5, 0.6) is 11.5 Å². The Bertz CT molecular complexity index is 1500. The zero-order valence-electron chi connectivity index (χ0n) is 21.3. The fraction of sp³-hybridized carbons (Fsp3) is 0.346. The Morgan fingerprint density at radius 2 is 1.76 bits per heavy atom. The summed E-state index contributed by atoms with van der Waals surface area (Å²) in [4.78, 5) is 39.6. The zero-order chi connectivity index (χ0) is 26.1. The Kier molecular flexibility index (Phi) is 6.51. The van der Waals surface area contributed by atoms with Crippen molar-refractivity contribution in [3.05, 3.63) is 64.2 Å². The van der Waals surface area contributed by atoms with Crippen LogP contribution < -0.4 is 19.9 Å². The van der Waals surface area contributed by atoms with Crippen molar-refractivity contribution < 1.29 is 14.3 Å². The highest BCUT2D eigenvalue weighted by Gasteiger charge is 2.29. The molecule has 1 unspecified atom stereocenters. The van der Waals surface area contributed by atoms with Gasteiger partial charge in [0.2, 0.25) is 5.95 Å². The topological polar surface area (TPSA) is 118 Å². The molecule has 0 bridgehead atoms. The maximum atomic E-state index is 13.8. The molecule has 11 nitrogen and oxygen atoms in total. The number of aromatic nitrogens is 5. The molecule has 0 aliphatic carbocycles. The molecular weight excluding hydrogens is 474 g/mol.